The van der Waals surface area contributed by atoms with E-state index in [-0.39, 0.29) is 18.1 Å². The van der Waals surface area contributed by atoms with Crippen LogP contribution in [0.25, 0.3) is 11.0 Å². The number of para-hydroxylation sites is 2. The number of carbonyl (C=O) groups is 1. The Kier molecular flexibility index (Phi) is 6.11. The first-order valence-corrected chi connectivity index (χ1v) is 9.46. The molecule has 1 N–H and O–H groups in total. The highest BCUT2D eigenvalue weighted by molar-refractivity contribution is 5.80. The zero-order chi connectivity index (χ0) is 18.5. The summed E-state index contributed by atoms with van der Waals surface area (Å²) in [4.78, 5) is 29.6. The minimum absolute atomic E-state index is 0.0703. The molecule has 0 aliphatic carbocycles. The number of likely N-dealkylation sites (N-methyl/N-ethyl adjacent to an activating group) is 1. The summed E-state index contributed by atoms with van der Waals surface area (Å²) in [5.74, 6) is -0.107. The summed E-state index contributed by atoms with van der Waals surface area (Å²) >= 11 is 0. The number of amides is 1. The second-order valence-electron chi connectivity index (χ2n) is 6.95. The third kappa shape index (κ3) is 4.16. The van der Waals surface area contributed by atoms with Crippen molar-refractivity contribution in [1.82, 2.24) is 24.3 Å². The molecule has 0 saturated carbocycles. The highest BCUT2D eigenvalue weighted by atomic mass is 16.2. The maximum absolute atomic E-state index is 12.6. The minimum atomic E-state index is -0.124. The van der Waals surface area contributed by atoms with Crippen molar-refractivity contribution in [2.24, 2.45) is 0 Å². The van der Waals surface area contributed by atoms with Crippen molar-refractivity contribution >= 4 is 16.9 Å². The molecule has 7 heteroatoms. The Bertz CT molecular complexity index is 802. The van der Waals surface area contributed by atoms with Gasteiger partial charge in [0, 0.05) is 39.3 Å². The van der Waals surface area contributed by atoms with E-state index in [0.29, 0.717) is 13.1 Å². The van der Waals surface area contributed by atoms with Gasteiger partial charge in [-0.25, -0.2) is 4.79 Å². The first-order chi connectivity index (χ1) is 12.6. The molecule has 1 saturated heterocycles. The molecule has 7 nitrogen and oxygen atoms in total. The van der Waals surface area contributed by atoms with E-state index in [1.165, 1.54) is 0 Å². The number of hydrogen-bond acceptors (Lipinski definition) is 4. The first-order valence-electron chi connectivity index (χ1n) is 9.46. The van der Waals surface area contributed by atoms with Gasteiger partial charge in [-0.2, -0.15) is 0 Å². The smallest absolute Gasteiger partial charge is 0.329 e. The molecule has 0 atom stereocenters. The normalized spacial score (nSPS) is 16.2. The molecule has 0 radical (unpaired) electrons. The molecule has 26 heavy (non-hydrogen) atoms. The van der Waals surface area contributed by atoms with Gasteiger partial charge in [-0.05, 0) is 39.1 Å². The lowest BCUT2D eigenvalue weighted by Crippen LogP contribution is -2.45. The molecule has 1 aromatic carbocycles. The quantitative estimate of drug-likeness (QED) is 0.735. The van der Waals surface area contributed by atoms with Crippen molar-refractivity contribution in [3.8, 4) is 0 Å². The monoisotopic (exact) mass is 359 g/mol. The van der Waals surface area contributed by atoms with Crippen molar-refractivity contribution in [3.05, 3.63) is 34.7 Å². The number of hydrogen-bond donors (Lipinski definition) is 1. The average molecular weight is 359 g/mol. The lowest BCUT2D eigenvalue weighted by Gasteiger charge is -2.32. The van der Waals surface area contributed by atoms with Crippen LogP contribution in [0.1, 0.15) is 13.3 Å². The van der Waals surface area contributed by atoms with Gasteiger partial charge in [0.2, 0.25) is 5.91 Å². The number of aryl methyl sites for hydroxylation is 1. The van der Waals surface area contributed by atoms with Crippen LogP contribution in [-0.2, 0) is 17.9 Å². The molecule has 2 heterocycles. The van der Waals surface area contributed by atoms with Crippen LogP contribution in [0.2, 0.25) is 0 Å². The molecule has 1 aromatic heterocycles. The van der Waals surface area contributed by atoms with Crippen LogP contribution >= 0.6 is 0 Å². The van der Waals surface area contributed by atoms with Crippen molar-refractivity contribution in [3.63, 3.8) is 0 Å². The SMILES string of the molecule is CCn1c(=O)n(CC(=O)NCCCN2CCN(C)CC2)c2ccccc21. The van der Waals surface area contributed by atoms with Crippen molar-refractivity contribution < 1.29 is 4.79 Å². The van der Waals surface area contributed by atoms with Gasteiger partial charge in [0.05, 0.1) is 11.0 Å². The number of carbonyl (C=O) groups excluding carboxylic acids is 1. The van der Waals surface area contributed by atoms with E-state index in [1.54, 1.807) is 9.13 Å². The Balaban J connectivity index is 1.52. The molecule has 1 aliphatic rings. The number of nitrogens with zero attached hydrogens (tertiary/aromatic N) is 4. The summed E-state index contributed by atoms with van der Waals surface area (Å²) in [6.07, 6.45) is 0.932. The molecule has 142 valence electrons. The Morgan fingerprint density at radius 1 is 1.08 bits per heavy atom. The van der Waals surface area contributed by atoms with Crippen LogP contribution in [0.3, 0.4) is 0 Å². The third-order valence-corrected chi connectivity index (χ3v) is 5.11. The number of piperazine rings is 1. The number of imidazole rings is 1. The zero-order valence-electron chi connectivity index (χ0n) is 15.8. The molecule has 2 aromatic rings. The van der Waals surface area contributed by atoms with Gasteiger partial charge < -0.3 is 15.1 Å². The van der Waals surface area contributed by atoms with Gasteiger partial charge in [-0.15, -0.1) is 0 Å². The standard InChI is InChI=1S/C19H29N5O2/c1-3-23-16-7-4-5-8-17(16)24(19(23)26)15-18(25)20-9-6-10-22-13-11-21(2)12-14-22/h4-5,7-8H,3,6,9-15H2,1-2H3,(H,20,25). The average Bonchev–Trinajstić information content (AvgIpc) is 2.91. The lowest BCUT2D eigenvalue weighted by atomic mass is 10.3. The lowest BCUT2D eigenvalue weighted by molar-refractivity contribution is -0.121. The van der Waals surface area contributed by atoms with E-state index in [2.05, 4.69) is 22.2 Å². The molecular formula is C19H29N5O2. The summed E-state index contributed by atoms with van der Waals surface area (Å²) < 4.78 is 3.27. The van der Waals surface area contributed by atoms with E-state index < -0.39 is 0 Å². The van der Waals surface area contributed by atoms with Gasteiger partial charge in [-0.1, -0.05) is 12.1 Å². The molecule has 0 spiro atoms. The highest BCUT2D eigenvalue weighted by Crippen LogP contribution is 2.12. The number of fused-ring (bicyclic) bond motifs is 1. The zero-order valence-corrected chi connectivity index (χ0v) is 15.8. The van der Waals surface area contributed by atoms with Crippen LogP contribution in [0.15, 0.2) is 29.1 Å². The summed E-state index contributed by atoms with van der Waals surface area (Å²) in [6, 6.07) is 7.62. The van der Waals surface area contributed by atoms with Gasteiger partial charge in [-0.3, -0.25) is 13.9 Å². The fourth-order valence-corrected chi connectivity index (χ4v) is 3.53. The Morgan fingerprint density at radius 2 is 1.73 bits per heavy atom. The molecule has 1 amide bonds. The first kappa shape index (κ1) is 18.7. The summed E-state index contributed by atoms with van der Waals surface area (Å²) in [5, 5.41) is 2.95. The largest absolute Gasteiger partial charge is 0.354 e. The fraction of sp³-hybridized carbons (Fsp3) is 0.579. The van der Waals surface area contributed by atoms with E-state index in [1.807, 2.05) is 31.2 Å². The van der Waals surface area contributed by atoms with Crippen molar-refractivity contribution in [2.45, 2.75) is 26.4 Å². The van der Waals surface area contributed by atoms with Crippen LogP contribution in [0.5, 0.6) is 0 Å². The van der Waals surface area contributed by atoms with Crippen molar-refractivity contribution in [1.29, 1.82) is 0 Å². The number of aromatic nitrogens is 2. The Labute approximate surface area is 154 Å². The van der Waals surface area contributed by atoms with Gasteiger partial charge in [0.25, 0.3) is 0 Å². The summed E-state index contributed by atoms with van der Waals surface area (Å²) in [6.45, 7) is 8.66. The van der Waals surface area contributed by atoms with E-state index in [4.69, 9.17) is 0 Å². The minimum Gasteiger partial charge on any atom is -0.354 e. The molecule has 1 fully saturated rings. The molecule has 0 bridgehead atoms. The predicted molar refractivity (Wildman–Crippen MR) is 103 cm³/mol. The predicted octanol–water partition coefficient (Wildman–Crippen LogP) is 0.577. The van der Waals surface area contributed by atoms with Crippen LogP contribution in [-0.4, -0.2) is 71.2 Å². The van der Waals surface area contributed by atoms with Crippen LogP contribution in [0, 0.1) is 0 Å². The molecular weight excluding hydrogens is 330 g/mol. The van der Waals surface area contributed by atoms with Gasteiger partial charge in [0.1, 0.15) is 6.54 Å². The Hall–Kier alpha value is -2.12. The molecule has 3 rings (SSSR count). The molecule has 1 aliphatic heterocycles. The number of benzene rings is 1. The van der Waals surface area contributed by atoms with E-state index in [0.717, 1.165) is 50.2 Å². The highest BCUT2D eigenvalue weighted by Gasteiger charge is 2.15. The van der Waals surface area contributed by atoms with E-state index in [9.17, 15) is 9.59 Å². The summed E-state index contributed by atoms with van der Waals surface area (Å²) in [5.41, 5.74) is 1.57. The second kappa shape index (κ2) is 8.51. The fourth-order valence-electron chi connectivity index (χ4n) is 3.53. The number of nitrogens with one attached hydrogen (secondary N) is 1. The van der Waals surface area contributed by atoms with E-state index >= 15 is 0 Å². The van der Waals surface area contributed by atoms with Crippen LogP contribution < -0.4 is 11.0 Å². The van der Waals surface area contributed by atoms with Crippen molar-refractivity contribution in [2.75, 3.05) is 46.3 Å². The molecule has 0 unspecified atom stereocenters. The maximum Gasteiger partial charge on any atom is 0.329 e. The van der Waals surface area contributed by atoms with Gasteiger partial charge in [0.15, 0.2) is 0 Å². The second-order valence-corrected chi connectivity index (χ2v) is 6.95. The number of rotatable bonds is 7. The Morgan fingerprint density at radius 3 is 2.38 bits per heavy atom. The van der Waals surface area contributed by atoms with Crippen LogP contribution in [0.4, 0.5) is 0 Å². The third-order valence-electron chi connectivity index (χ3n) is 5.11. The maximum atomic E-state index is 12.6. The topological polar surface area (TPSA) is 62.5 Å². The van der Waals surface area contributed by atoms with Gasteiger partial charge >= 0.3 is 5.69 Å². The summed E-state index contributed by atoms with van der Waals surface area (Å²) in [7, 11) is 2.15.